The van der Waals surface area contributed by atoms with Gasteiger partial charge in [-0.15, -0.1) is 0 Å². The van der Waals surface area contributed by atoms with Crippen LogP contribution in [-0.4, -0.2) is 53.5 Å². The number of rotatable bonds is 5. The van der Waals surface area contributed by atoms with E-state index in [-0.39, 0.29) is 47.9 Å². The summed E-state index contributed by atoms with van der Waals surface area (Å²) in [6.45, 7) is 0.0879. The maximum Gasteiger partial charge on any atom is 0.266 e. The maximum atomic E-state index is 13.8. The summed E-state index contributed by atoms with van der Waals surface area (Å²) in [5.74, 6) is -1.11. The van der Waals surface area contributed by atoms with Crippen LogP contribution in [0.3, 0.4) is 0 Å². The van der Waals surface area contributed by atoms with Crippen molar-refractivity contribution in [3.8, 4) is 0 Å². The largest absolute Gasteiger partial charge is 0.352 e. The van der Waals surface area contributed by atoms with Gasteiger partial charge in [-0.3, -0.25) is 14.5 Å². The van der Waals surface area contributed by atoms with Crippen molar-refractivity contribution >= 4 is 56.0 Å². The summed E-state index contributed by atoms with van der Waals surface area (Å²) in [4.78, 5) is 26.1. The van der Waals surface area contributed by atoms with Gasteiger partial charge in [0.1, 0.15) is 10.1 Å². The first-order valence-electron chi connectivity index (χ1n) is 8.25. The summed E-state index contributed by atoms with van der Waals surface area (Å²) in [7, 11) is -3.07. The number of carbonyl (C=O) groups is 2. The zero-order valence-corrected chi connectivity index (χ0v) is 16.6. The lowest BCUT2D eigenvalue weighted by Crippen LogP contribution is -2.38. The molecule has 0 aliphatic carbocycles. The molecule has 0 bridgehead atoms. The van der Waals surface area contributed by atoms with Crippen molar-refractivity contribution in [1.29, 1.82) is 0 Å². The first kappa shape index (κ1) is 20.0. The van der Waals surface area contributed by atoms with E-state index < -0.39 is 15.7 Å². The number of thiocarbonyl (C=S) groups is 1. The van der Waals surface area contributed by atoms with Crippen LogP contribution in [0.2, 0.25) is 0 Å². The fourth-order valence-corrected chi connectivity index (χ4v) is 5.82. The highest BCUT2D eigenvalue weighted by atomic mass is 32.2. The molecule has 2 saturated heterocycles. The van der Waals surface area contributed by atoms with Crippen molar-refractivity contribution in [2.75, 3.05) is 18.1 Å². The van der Waals surface area contributed by atoms with E-state index in [1.54, 1.807) is 18.2 Å². The van der Waals surface area contributed by atoms with Crippen LogP contribution in [0.1, 0.15) is 18.4 Å². The number of benzene rings is 1. The van der Waals surface area contributed by atoms with Crippen molar-refractivity contribution in [3.05, 3.63) is 40.6 Å². The molecule has 1 aromatic carbocycles. The zero-order valence-electron chi connectivity index (χ0n) is 14.2. The van der Waals surface area contributed by atoms with Gasteiger partial charge in [0.15, 0.2) is 9.84 Å². The molecule has 0 aromatic heterocycles. The van der Waals surface area contributed by atoms with Gasteiger partial charge in [0.2, 0.25) is 5.91 Å². The first-order valence-corrected chi connectivity index (χ1v) is 11.3. The van der Waals surface area contributed by atoms with Crippen LogP contribution in [0.25, 0.3) is 6.08 Å². The van der Waals surface area contributed by atoms with Crippen LogP contribution >= 0.6 is 24.0 Å². The van der Waals surface area contributed by atoms with Crippen LogP contribution in [0, 0.1) is 5.82 Å². The highest BCUT2D eigenvalue weighted by molar-refractivity contribution is 8.26. The monoisotopic (exact) mass is 428 g/mol. The maximum absolute atomic E-state index is 13.8. The second-order valence-electron chi connectivity index (χ2n) is 6.27. The Balaban J connectivity index is 1.58. The Morgan fingerprint density at radius 3 is 2.81 bits per heavy atom. The van der Waals surface area contributed by atoms with Gasteiger partial charge in [-0.25, -0.2) is 12.8 Å². The van der Waals surface area contributed by atoms with Crippen molar-refractivity contribution in [3.63, 3.8) is 0 Å². The summed E-state index contributed by atoms with van der Waals surface area (Å²) in [5.41, 5.74) is 0.290. The average molecular weight is 429 g/mol. The Kier molecular flexibility index (Phi) is 5.97. The Morgan fingerprint density at radius 1 is 1.41 bits per heavy atom. The number of sulfone groups is 1. The number of halogens is 1. The van der Waals surface area contributed by atoms with E-state index in [9.17, 15) is 22.4 Å². The van der Waals surface area contributed by atoms with E-state index in [0.29, 0.717) is 15.6 Å². The molecule has 27 heavy (non-hydrogen) atoms. The average Bonchev–Trinajstić information content (AvgIpc) is 3.07. The summed E-state index contributed by atoms with van der Waals surface area (Å²) >= 11 is 6.25. The van der Waals surface area contributed by atoms with Crippen molar-refractivity contribution in [1.82, 2.24) is 10.2 Å². The third kappa shape index (κ3) is 4.94. The lowest BCUT2D eigenvalue weighted by molar-refractivity contribution is -0.124. The first-order chi connectivity index (χ1) is 12.7. The number of nitrogens with one attached hydrogen (secondary N) is 1. The smallest absolute Gasteiger partial charge is 0.266 e. The molecular formula is C17H17FN2O4S3. The van der Waals surface area contributed by atoms with Crippen LogP contribution < -0.4 is 5.32 Å². The fraction of sp³-hybridized carbons (Fsp3) is 0.353. The van der Waals surface area contributed by atoms with Gasteiger partial charge in [-0.05, 0) is 18.6 Å². The highest BCUT2D eigenvalue weighted by Crippen LogP contribution is 2.33. The number of amides is 2. The SMILES string of the molecule is O=C(CCN1C(=O)/C(=C\c2ccccc2F)SC1=S)N[C@@H]1CCS(=O)(=O)C1. The van der Waals surface area contributed by atoms with Crippen LogP contribution in [-0.2, 0) is 19.4 Å². The Hall–Kier alpha value is -1.78. The molecule has 1 N–H and O–H groups in total. The lowest BCUT2D eigenvalue weighted by atomic mass is 10.2. The topological polar surface area (TPSA) is 83.6 Å². The zero-order chi connectivity index (χ0) is 19.6. The number of hydrogen-bond donors (Lipinski definition) is 1. The standard InChI is InChI=1S/C17H17FN2O4S3/c18-13-4-2-1-3-11(13)9-14-16(22)20(17(25)26-14)7-5-15(21)19-12-6-8-27(23,24)10-12/h1-4,9,12H,5-8,10H2,(H,19,21)/b14-9+/t12-/m1/s1. The van der Waals surface area contributed by atoms with Gasteiger partial charge in [0, 0.05) is 24.6 Å². The molecule has 0 saturated carbocycles. The van der Waals surface area contributed by atoms with Gasteiger partial charge in [0.05, 0.1) is 16.4 Å². The van der Waals surface area contributed by atoms with Crippen LogP contribution in [0.4, 0.5) is 4.39 Å². The van der Waals surface area contributed by atoms with E-state index in [4.69, 9.17) is 12.2 Å². The van der Waals surface area contributed by atoms with E-state index in [1.165, 1.54) is 17.0 Å². The molecule has 1 atom stereocenters. The predicted molar refractivity (Wildman–Crippen MR) is 106 cm³/mol. The van der Waals surface area contributed by atoms with E-state index >= 15 is 0 Å². The molecule has 144 valence electrons. The molecule has 10 heteroatoms. The summed E-state index contributed by atoms with van der Waals surface area (Å²) in [6.07, 6.45) is 1.86. The van der Waals surface area contributed by atoms with E-state index in [0.717, 1.165) is 11.8 Å². The van der Waals surface area contributed by atoms with Gasteiger partial charge >= 0.3 is 0 Å². The normalized spacial score (nSPS) is 23.2. The molecule has 2 heterocycles. The molecule has 3 rings (SSSR count). The number of hydrogen-bond acceptors (Lipinski definition) is 6. The molecule has 2 aliphatic rings. The molecule has 2 aliphatic heterocycles. The molecule has 1 aromatic rings. The molecule has 0 spiro atoms. The lowest BCUT2D eigenvalue weighted by Gasteiger charge is -2.15. The van der Waals surface area contributed by atoms with Gasteiger partial charge in [0.25, 0.3) is 5.91 Å². The minimum absolute atomic E-state index is 0.00989. The third-order valence-electron chi connectivity index (χ3n) is 4.23. The quantitative estimate of drug-likeness (QED) is 0.568. The second kappa shape index (κ2) is 8.07. The molecule has 2 fully saturated rings. The Labute approximate surface area is 166 Å². The van der Waals surface area contributed by atoms with Gasteiger partial charge < -0.3 is 5.32 Å². The number of carbonyl (C=O) groups excluding carboxylic acids is 2. The van der Waals surface area contributed by atoms with Crippen LogP contribution in [0.5, 0.6) is 0 Å². The third-order valence-corrected chi connectivity index (χ3v) is 7.37. The molecule has 0 radical (unpaired) electrons. The van der Waals surface area contributed by atoms with Crippen LogP contribution in [0.15, 0.2) is 29.2 Å². The van der Waals surface area contributed by atoms with Crippen molar-refractivity contribution in [2.45, 2.75) is 18.9 Å². The van der Waals surface area contributed by atoms with E-state index in [2.05, 4.69) is 5.32 Å². The molecule has 0 unspecified atom stereocenters. The second-order valence-corrected chi connectivity index (χ2v) is 10.2. The number of thioether (sulfide) groups is 1. The van der Waals surface area contributed by atoms with Crippen molar-refractivity contribution in [2.24, 2.45) is 0 Å². The summed E-state index contributed by atoms with van der Waals surface area (Å²) in [5, 5.41) is 2.68. The van der Waals surface area contributed by atoms with Gasteiger partial charge in [-0.2, -0.15) is 0 Å². The fourth-order valence-electron chi connectivity index (χ4n) is 2.85. The number of nitrogens with zero attached hydrogens (tertiary/aromatic N) is 1. The van der Waals surface area contributed by atoms with Crippen molar-refractivity contribution < 1.29 is 22.4 Å². The minimum atomic E-state index is -3.07. The minimum Gasteiger partial charge on any atom is -0.352 e. The summed E-state index contributed by atoms with van der Waals surface area (Å²) in [6, 6.07) is 5.72. The molecule has 6 nitrogen and oxygen atoms in total. The highest BCUT2D eigenvalue weighted by Gasteiger charge is 2.33. The predicted octanol–water partition coefficient (Wildman–Crippen LogP) is 1.72. The van der Waals surface area contributed by atoms with E-state index in [1.807, 2.05) is 0 Å². The molecular weight excluding hydrogens is 411 g/mol. The Bertz CT molecular complexity index is 930. The van der Waals surface area contributed by atoms with Gasteiger partial charge in [-0.1, -0.05) is 42.2 Å². The Morgan fingerprint density at radius 2 is 2.15 bits per heavy atom. The molecule has 2 amide bonds. The summed E-state index contributed by atoms with van der Waals surface area (Å²) < 4.78 is 36.9.